The molecule has 8 heteroatoms. The largest absolute Gasteiger partial charge is 0.513 e. The summed E-state index contributed by atoms with van der Waals surface area (Å²) < 4.78 is 22.2. The molecule has 1 aromatic carbocycles. The highest BCUT2D eigenvalue weighted by Gasteiger charge is 2.21. The molecule has 1 N–H and O–H groups in total. The lowest BCUT2D eigenvalue weighted by atomic mass is 9.94. The zero-order valence-electron chi connectivity index (χ0n) is 33.9. The molecule has 0 amide bonds. The van der Waals surface area contributed by atoms with E-state index in [9.17, 15) is 14.4 Å². The standard InChI is InChI=1S/C45H75NO7/c1-5-9-12-15-18-19-20-23-26-29-43(47)50-36-34-39(38-52-45(49)53-42-32-30-41(31-33-42)46-8-4)35-37-51-44(48)40(27-24-21-16-13-10-6-2)28-25-22-17-14-11-7-3/h4,30-33,39-40,46H,5-7,9-29,34-38H2,1-3H3. The SMILES string of the molecule is C#CNc1ccc(OC(=O)OCC(CCOC(=O)CCCCCCCCCCC)CCOC(=O)C(CCCCCCCC)CCCCCCCC)cc1. The van der Waals surface area contributed by atoms with Crippen LogP contribution in [-0.2, 0) is 23.8 Å². The van der Waals surface area contributed by atoms with Crippen molar-refractivity contribution in [2.24, 2.45) is 11.8 Å². The predicted molar refractivity (Wildman–Crippen MR) is 217 cm³/mol. The third-order valence-corrected chi connectivity index (χ3v) is 9.90. The van der Waals surface area contributed by atoms with Crippen LogP contribution in [0.2, 0.25) is 0 Å². The smallest absolute Gasteiger partial charge is 0.466 e. The first-order chi connectivity index (χ1) is 25.9. The van der Waals surface area contributed by atoms with E-state index in [0.29, 0.717) is 30.7 Å². The summed E-state index contributed by atoms with van der Waals surface area (Å²) in [5.74, 6) is -0.250. The second-order valence-corrected chi connectivity index (χ2v) is 14.7. The van der Waals surface area contributed by atoms with Gasteiger partial charge in [-0.25, -0.2) is 4.79 Å². The van der Waals surface area contributed by atoms with Crippen molar-refractivity contribution in [2.75, 3.05) is 25.1 Å². The van der Waals surface area contributed by atoms with Crippen LogP contribution in [0.25, 0.3) is 0 Å². The number of nitrogens with one attached hydrogen (secondary N) is 1. The summed E-state index contributed by atoms with van der Waals surface area (Å²) in [6, 6.07) is 9.00. The van der Waals surface area contributed by atoms with Crippen molar-refractivity contribution in [3.8, 4) is 18.2 Å². The summed E-state index contributed by atoms with van der Waals surface area (Å²) in [5.41, 5.74) is 0.705. The zero-order chi connectivity index (χ0) is 38.6. The maximum Gasteiger partial charge on any atom is 0.513 e. The number of rotatable bonds is 35. The molecular weight excluding hydrogens is 666 g/mol. The maximum absolute atomic E-state index is 13.3. The number of benzene rings is 1. The molecule has 1 unspecified atom stereocenters. The van der Waals surface area contributed by atoms with Crippen molar-refractivity contribution in [1.29, 1.82) is 0 Å². The lowest BCUT2D eigenvalue weighted by Crippen LogP contribution is -2.23. The van der Waals surface area contributed by atoms with Gasteiger partial charge in [-0.2, -0.15) is 0 Å². The van der Waals surface area contributed by atoms with Crippen LogP contribution in [0.3, 0.4) is 0 Å². The van der Waals surface area contributed by atoms with E-state index in [-0.39, 0.29) is 43.6 Å². The molecule has 0 aliphatic carbocycles. The van der Waals surface area contributed by atoms with Crippen molar-refractivity contribution in [3.63, 3.8) is 0 Å². The van der Waals surface area contributed by atoms with E-state index >= 15 is 0 Å². The number of terminal acetylenes is 1. The molecule has 0 saturated carbocycles. The Morgan fingerprint density at radius 2 is 1.08 bits per heavy atom. The van der Waals surface area contributed by atoms with Gasteiger partial charge in [0.25, 0.3) is 0 Å². The number of hydrogen-bond acceptors (Lipinski definition) is 8. The minimum atomic E-state index is -0.829. The molecule has 0 aliphatic rings. The Morgan fingerprint density at radius 1 is 0.604 bits per heavy atom. The zero-order valence-corrected chi connectivity index (χ0v) is 33.9. The van der Waals surface area contributed by atoms with Gasteiger partial charge >= 0.3 is 18.1 Å². The minimum Gasteiger partial charge on any atom is -0.466 e. The van der Waals surface area contributed by atoms with Gasteiger partial charge in [-0.15, -0.1) is 0 Å². The highest BCUT2D eigenvalue weighted by Crippen LogP contribution is 2.22. The Morgan fingerprint density at radius 3 is 1.58 bits per heavy atom. The Balaban J connectivity index is 2.64. The fraction of sp³-hybridized carbons (Fsp3) is 0.756. The van der Waals surface area contributed by atoms with Crippen molar-refractivity contribution in [2.45, 2.75) is 188 Å². The number of esters is 2. The van der Waals surface area contributed by atoms with Gasteiger partial charge in [0.2, 0.25) is 0 Å². The summed E-state index contributed by atoms with van der Waals surface area (Å²) in [5, 5.41) is 2.74. The van der Waals surface area contributed by atoms with E-state index in [0.717, 1.165) is 57.8 Å². The first-order valence-electron chi connectivity index (χ1n) is 21.4. The molecule has 302 valence electrons. The predicted octanol–water partition coefficient (Wildman–Crippen LogP) is 12.7. The Hall–Kier alpha value is -3.21. The van der Waals surface area contributed by atoms with Crippen LogP contribution in [0.4, 0.5) is 10.5 Å². The number of anilines is 1. The van der Waals surface area contributed by atoms with E-state index in [4.69, 9.17) is 25.4 Å². The molecule has 53 heavy (non-hydrogen) atoms. The molecule has 0 aliphatic heterocycles. The molecular formula is C45H75NO7. The second kappa shape index (κ2) is 34.6. The number of unbranched alkanes of at least 4 members (excludes halogenated alkanes) is 18. The van der Waals surface area contributed by atoms with Crippen LogP contribution < -0.4 is 10.1 Å². The Labute approximate surface area is 323 Å². The Kier molecular flexibility index (Phi) is 31.2. The number of carbonyl (C=O) groups excluding carboxylic acids is 3. The first-order valence-corrected chi connectivity index (χ1v) is 21.4. The monoisotopic (exact) mass is 742 g/mol. The first kappa shape index (κ1) is 47.8. The molecule has 0 spiro atoms. The van der Waals surface area contributed by atoms with Crippen molar-refractivity contribution in [3.05, 3.63) is 24.3 Å². The fourth-order valence-electron chi connectivity index (χ4n) is 6.47. The van der Waals surface area contributed by atoms with Crippen LogP contribution in [0, 0.1) is 24.3 Å². The summed E-state index contributed by atoms with van der Waals surface area (Å²) in [6.07, 6.45) is 32.6. The van der Waals surface area contributed by atoms with Crippen LogP contribution in [-0.4, -0.2) is 37.9 Å². The lowest BCUT2D eigenvalue weighted by molar-refractivity contribution is -0.149. The fourth-order valence-corrected chi connectivity index (χ4v) is 6.47. The van der Waals surface area contributed by atoms with Crippen molar-refractivity contribution < 1.29 is 33.3 Å². The van der Waals surface area contributed by atoms with Gasteiger partial charge in [-0.05, 0) is 62.3 Å². The molecule has 0 saturated heterocycles. The highest BCUT2D eigenvalue weighted by atomic mass is 16.7. The van der Waals surface area contributed by atoms with Gasteiger partial charge < -0.3 is 24.3 Å². The van der Waals surface area contributed by atoms with Gasteiger partial charge in [-0.3, -0.25) is 9.59 Å². The molecule has 0 radical (unpaired) electrons. The topological polar surface area (TPSA) is 100 Å². The third-order valence-electron chi connectivity index (χ3n) is 9.90. The van der Waals surface area contributed by atoms with E-state index in [2.05, 4.69) is 32.1 Å². The van der Waals surface area contributed by atoms with Gasteiger partial charge in [-0.1, -0.05) is 156 Å². The molecule has 8 nitrogen and oxygen atoms in total. The van der Waals surface area contributed by atoms with E-state index in [1.54, 1.807) is 24.3 Å². The number of ether oxygens (including phenoxy) is 4. The number of hydrogen-bond donors (Lipinski definition) is 1. The quantitative estimate of drug-likeness (QED) is 0.0183. The third kappa shape index (κ3) is 28.0. The average Bonchev–Trinajstić information content (AvgIpc) is 3.15. The molecule has 1 rings (SSSR count). The molecule has 1 aromatic rings. The summed E-state index contributed by atoms with van der Waals surface area (Å²) in [7, 11) is 0. The van der Waals surface area contributed by atoms with E-state index < -0.39 is 6.16 Å². The summed E-state index contributed by atoms with van der Waals surface area (Å²) >= 11 is 0. The van der Waals surface area contributed by atoms with Crippen molar-refractivity contribution in [1.82, 2.24) is 0 Å². The van der Waals surface area contributed by atoms with Gasteiger partial charge in [0.1, 0.15) is 5.75 Å². The Bertz CT molecular complexity index is 1070. The van der Waals surface area contributed by atoms with Gasteiger partial charge in [0.15, 0.2) is 0 Å². The summed E-state index contributed by atoms with van der Waals surface area (Å²) in [4.78, 5) is 38.3. The molecule has 0 heterocycles. The molecule has 0 bridgehead atoms. The molecule has 1 atom stereocenters. The van der Waals surface area contributed by atoms with E-state index in [1.807, 2.05) is 0 Å². The lowest BCUT2D eigenvalue weighted by Gasteiger charge is -2.19. The average molecular weight is 742 g/mol. The second-order valence-electron chi connectivity index (χ2n) is 14.7. The molecule has 0 fully saturated rings. The van der Waals surface area contributed by atoms with Crippen LogP contribution in [0.1, 0.15) is 188 Å². The summed E-state index contributed by atoms with van der Waals surface area (Å²) in [6.45, 7) is 7.18. The van der Waals surface area contributed by atoms with Gasteiger partial charge in [0.05, 0.1) is 25.7 Å². The van der Waals surface area contributed by atoms with Crippen LogP contribution >= 0.6 is 0 Å². The maximum atomic E-state index is 13.3. The van der Waals surface area contributed by atoms with E-state index in [1.165, 1.54) is 89.9 Å². The molecule has 0 aromatic heterocycles. The van der Waals surface area contributed by atoms with Crippen LogP contribution in [0.5, 0.6) is 5.75 Å². The highest BCUT2D eigenvalue weighted by molar-refractivity contribution is 5.72. The van der Waals surface area contributed by atoms with Crippen molar-refractivity contribution >= 4 is 23.8 Å². The minimum absolute atomic E-state index is 0.0574. The van der Waals surface area contributed by atoms with Gasteiger partial charge in [0, 0.05) is 18.2 Å². The normalized spacial score (nSPS) is 11.5. The number of carbonyl (C=O) groups is 3. The van der Waals surface area contributed by atoms with Crippen LogP contribution in [0.15, 0.2) is 24.3 Å².